The Labute approximate surface area is 371 Å². The number of non-ortho nitro benzene ring substituents is 1. The molecule has 0 saturated carbocycles. The van der Waals surface area contributed by atoms with Crippen LogP contribution in [0.3, 0.4) is 0 Å². The summed E-state index contributed by atoms with van der Waals surface area (Å²) in [6, 6.07) is 32.4. The summed E-state index contributed by atoms with van der Waals surface area (Å²) in [4.78, 5) is 32.7. The predicted octanol–water partition coefficient (Wildman–Crippen LogP) is 14.4. The van der Waals surface area contributed by atoms with Crippen LogP contribution in [-0.2, 0) is 0 Å². The Morgan fingerprint density at radius 2 is 1.37 bits per heavy atom. The fraction of sp³-hybridized carbons (Fsp3) is 0.146. The number of hydrogen-bond donors (Lipinski definition) is 1. The summed E-state index contributed by atoms with van der Waals surface area (Å²) in [7, 11) is 0. The number of azo groups is 1. The standard InChI is InChI=1S/C48H39N11O2S2/c1-26-20-28(3)40(29(4)21-26)53-45-41(30(5)24-39(52-45)57(44-31(6)22-27(2)23-32(44)7)47-50-35-16-9-11-18-37(35)62-47)54-55-46-43(49-8)42(33-14-13-15-34(25-33)59(60)61)56-58(46)48-51-36-17-10-12-19-38(36)63-48/h9-25H,1-7H3,(H,52,53). The number of anilines is 5. The third-order valence-electron chi connectivity index (χ3n) is 10.6. The number of fused-ring (bicyclic) bond motifs is 2. The van der Waals surface area contributed by atoms with Crippen molar-refractivity contribution >= 4 is 94.1 Å². The summed E-state index contributed by atoms with van der Waals surface area (Å²) in [6.07, 6.45) is 0. The van der Waals surface area contributed by atoms with E-state index in [-0.39, 0.29) is 22.9 Å². The van der Waals surface area contributed by atoms with Gasteiger partial charge in [0.05, 0.1) is 37.6 Å². The Balaban J connectivity index is 1.27. The lowest BCUT2D eigenvalue weighted by atomic mass is 10.0. The topological polar surface area (TPSA) is 144 Å². The second-order valence-corrected chi connectivity index (χ2v) is 17.5. The molecule has 9 rings (SSSR count). The lowest BCUT2D eigenvalue weighted by Gasteiger charge is -2.27. The summed E-state index contributed by atoms with van der Waals surface area (Å²) < 4.78 is 3.46. The normalized spacial score (nSPS) is 11.5. The zero-order valence-electron chi connectivity index (χ0n) is 35.4. The van der Waals surface area contributed by atoms with Gasteiger partial charge in [-0.05, 0) is 112 Å². The molecular weight excluding hydrogens is 827 g/mol. The maximum absolute atomic E-state index is 11.8. The number of para-hydroxylation sites is 2. The van der Waals surface area contributed by atoms with Crippen LogP contribution in [0.4, 0.5) is 51.0 Å². The molecule has 0 aliphatic heterocycles. The van der Waals surface area contributed by atoms with Gasteiger partial charge in [-0.3, -0.25) is 15.0 Å². The van der Waals surface area contributed by atoms with Crippen molar-refractivity contribution in [3.8, 4) is 16.4 Å². The van der Waals surface area contributed by atoms with E-state index >= 15 is 0 Å². The van der Waals surface area contributed by atoms with Crippen LogP contribution >= 0.6 is 22.7 Å². The van der Waals surface area contributed by atoms with Crippen molar-refractivity contribution in [3.63, 3.8) is 0 Å². The number of pyridine rings is 1. The number of aryl methyl sites for hydroxylation is 7. The predicted molar refractivity (Wildman–Crippen MR) is 254 cm³/mol. The number of benzene rings is 5. The molecule has 4 aromatic heterocycles. The highest BCUT2D eigenvalue weighted by atomic mass is 32.1. The minimum absolute atomic E-state index is 0.0628. The van der Waals surface area contributed by atoms with E-state index in [9.17, 15) is 10.1 Å². The molecule has 0 bridgehead atoms. The van der Waals surface area contributed by atoms with Gasteiger partial charge in [-0.15, -0.1) is 10.2 Å². The van der Waals surface area contributed by atoms with Crippen molar-refractivity contribution in [2.45, 2.75) is 48.5 Å². The third-order valence-corrected chi connectivity index (χ3v) is 12.7. The molecule has 0 saturated heterocycles. The molecule has 0 atom stereocenters. The van der Waals surface area contributed by atoms with Crippen molar-refractivity contribution < 1.29 is 4.92 Å². The molecule has 5 aromatic carbocycles. The average molecular weight is 866 g/mol. The van der Waals surface area contributed by atoms with Crippen LogP contribution in [0.25, 0.3) is 41.7 Å². The van der Waals surface area contributed by atoms with E-state index in [0.29, 0.717) is 28.0 Å². The number of hydrogen-bond acceptors (Lipinski definition) is 12. The Kier molecular flexibility index (Phi) is 10.5. The number of rotatable bonds is 10. The van der Waals surface area contributed by atoms with Crippen LogP contribution in [0.1, 0.15) is 38.9 Å². The van der Waals surface area contributed by atoms with Gasteiger partial charge < -0.3 is 5.32 Å². The maximum atomic E-state index is 11.8. The molecule has 15 heteroatoms. The SMILES string of the molecule is [C-]#[N+]c1c(-c2cccc([N+](=O)[O-])c2)nn(-c2nc3ccccc3s2)c1N=Nc1c(C)cc(N(c2nc3ccccc3s2)c2c(C)cc(C)cc2C)nc1Nc1c(C)cc(C)cc1C. The first-order chi connectivity index (χ1) is 30.4. The smallest absolute Gasteiger partial charge is 0.270 e. The maximum Gasteiger partial charge on any atom is 0.270 e. The van der Waals surface area contributed by atoms with Crippen molar-refractivity contribution in [1.82, 2.24) is 24.7 Å². The number of aromatic nitrogens is 5. The van der Waals surface area contributed by atoms with Gasteiger partial charge in [0.25, 0.3) is 11.4 Å². The minimum atomic E-state index is -0.475. The summed E-state index contributed by atoms with van der Waals surface area (Å²) in [5, 5.41) is 31.3. The Hall–Kier alpha value is -7.67. The second-order valence-electron chi connectivity index (χ2n) is 15.5. The summed E-state index contributed by atoms with van der Waals surface area (Å²) >= 11 is 2.97. The van der Waals surface area contributed by atoms with Crippen LogP contribution < -0.4 is 10.2 Å². The van der Waals surface area contributed by atoms with Gasteiger partial charge in [0.2, 0.25) is 5.13 Å². The van der Waals surface area contributed by atoms with Crippen molar-refractivity contribution in [2.75, 3.05) is 10.2 Å². The highest BCUT2D eigenvalue weighted by Crippen LogP contribution is 2.47. The van der Waals surface area contributed by atoms with E-state index in [1.54, 1.807) is 23.5 Å². The highest BCUT2D eigenvalue weighted by molar-refractivity contribution is 7.22. The minimum Gasteiger partial charge on any atom is -0.338 e. The number of nitro groups is 1. The van der Waals surface area contributed by atoms with Crippen LogP contribution in [0.5, 0.6) is 0 Å². The van der Waals surface area contributed by atoms with Gasteiger partial charge in [-0.25, -0.2) is 19.8 Å². The van der Waals surface area contributed by atoms with Gasteiger partial charge in [0, 0.05) is 17.8 Å². The first-order valence-corrected chi connectivity index (χ1v) is 21.6. The summed E-state index contributed by atoms with van der Waals surface area (Å²) in [5.74, 6) is 1.18. The summed E-state index contributed by atoms with van der Waals surface area (Å²) in [5.41, 5.74) is 11.7. The molecule has 0 unspecified atom stereocenters. The van der Waals surface area contributed by atoms with Gasteiger partial charge in [0.1, 0.15) is 17.2 Å². The van der Waals surface area contributed by atoms with E-state index in [1.807, 2.05) is 55.5 Å². The second kappa shape index (κ2) is 16.3. The van der Waals surface area contributed by atoms with E-state index in [1.165, 1.54) is 28.2 Å². The lowest BCUT2D eigenvalue weighted by Crippen LogP contribution is -2.15. The molecule has 0 spiro atoms. The molecule has 0 fully saturated rings. The van der Waals surface area contributed by atoms with Crippen LogP contribution in [0, 0.1) is 65.2 Å². The van der Waals surface area contributed by atoms with Crippen LogP contribution in [0.15, 0.2) is 113 Å². The molecule has 9 aromatic rings. The third kappa shape index (κ3) is 7.66. The molecule has 4 heterocycles. The number of nitrogens with zero attached hydrogens (tertiary/aromatic N) is 10. The van der Waals surface area contributed by atoms with E-state index in [2.05, 4.69) is 86.9 Å². The monoisotopic (exact) mass is 865 g/mol. The molecule has 0 amide bonds. The molecule has 13 nitrogen and oxygen atoms in total. The van der Waals surface area contributed by atoms with Crippen molar-refractivity contribution in [1.29, 1.82) is 0 Å². The first-order valence-electron chi connectivity index (χ1n) is 20.0. The molecule has 63 heavy (non-hydrogen) atoms. The molecular formula is C48H39N11O2S2. The van der Waals surface area contributed by atoms with Crippen molar-refractivity contribution in [2.24, 2.45) is 10.2 Å². The van der Waals surface area contributed by atoms with Crippen molar-refractivity contribution in [3.05, 3.63) is 164 Å². The first kappa shape index (κ1) is 40.7. The van der Waals surface area contributed by atoms with Gasteiger partial charge >= 0.3 is 0 Å². The van der Waals surface area contributed by atoms with Gasteiger partial charge in [-0.1, -0.05) is 94.5 Å². The zero-order chi connectivity index (χ0) is 44.1. The highest BCUT2D eigenvalue weighted by Gasteiger charge is 2.27. The molecule has 0 aliphatic rings. The van der Waals surface area contributed by atoms with Gasteiger partial charge in [-0.2, -0.15) is 9.78 Å². The summed E-state index contributed by atoms with van der Waals surface area (Å²) in [6.45, 7) is 22.8. The Morgan fingerprint density at radius 1 is 0.730 bits per heavy atom. The Morgan fingerprint density at radius 3 is 2.00 bits per heavy atom. The zero-order valence-corrected chi connectivity index (χ0v) is 37.1. The van der Waals surface area contributed by atoms with E-state index < -0.39 is 4.92 Å². The number of nitro benzene ring substituents is 1. The quantitative estimate of drug-likeness (QED) is 0.0619. The molecule has 0 aliphatic carbocycles. The molecule has 0 radical (unpaired) electrons. The van der Waals surface area contributed by atoms with Gasteiger partial charge in [0.15, 0.2) is 16.8 Å². The Bertz CT molecular complexity index is 3260. The molecule has 1 N–H and O–H groups in total. The van der Waals surface area contributed by atoms with E-state index in [0.717, 1.165) is 75.9 Å². The average Bonchev–Trinajstić information content (AvgIpc) is 3.98. The number of thiazole rings is 2. The van der Waals surface area contributed by atoms with Crippen LogP contribution in [-0.4, -0.2) is 29.7 Å². The van der Waals surface area contributed by atoms with E-state index in [4.69, 9.17) is 36.9 Å². The van der Waals surface area contributed by atoms with Crippen LogP contribution in [0.2, 0.25) is 0 Å². The fourth-order valence-electron chi connectivity index (χ4n) is 8.00. The fourth-order valence-corrected chi connectivity index (χ4v) is 9.90. The largest absolute Gasteiger partial charge is 0.338 e. The number of nitrogens with one attached hydrogen (secondary N) is 1. The lowest BCUT2D eigenvalue weighted by molar-refractivity contribution is -0.384. The molecule has 310 valence electrons.